The average molecular weight is 273 g/mol. The summed E-state index contributed by atoms with van der Waals surface area (Å²) in [6, 6.07) is 6.90. The number of anilines is 1. The normalized spacial score (nSPS) is 22.2. The molecule has 2 aliphatic heterocycles. The monoisotopic (exact) mass is 273 g/mol. The predicted octanol–water partition coefficient (Wildman–Crippen LogP) is 1.76. The molecule has 1 aromatic rings. The van der Waals surface area contributed by atoms with Gasteiger partial charge in [-0.05, 0) is 43.0 Å². The first kappa shape index (κ1) is 13.4. The number of piperidine rings is 1. The summed E-state index contributed by atoms with van der Waals surface area (Å²) >= 11 is 0. The molecule has 1 amide bonds. The number of amides is 1. The van der Waals surface area contributed by atoms with E-state index in [2.05, 4.69) is 28.8 Å². The molecule has 0 aromatic heterocycles. The molecule has 3 rings (SSSR count). The molecule has 2 aliphatic rings. The maximum Gasteiger partial charge on any atom is 0.219 e. The zero-order valence-corrected chi connectivity index (χ0v) is 12.1. The van der Waals surface area contributed by atoms with Gasteiger partial charge in [0.2, 0.25) is 5.91 Å². The summed E-state index contributed by atoms with van der Waals surface area (Å²) in [6.07, 6.45) is 3.33. The van der Waals surface area contributed by atoms with Gasteiger partial charge in [0.05, 0.1) is 0 Å². The highest BCUT2D eigenvalue weighted by Gasteiger charge is 2.22. The van der Waals surface area contributed by atoms with Crippen molar-refractivity contribution in [3.05, 3.63) is 29.3 Å². The molecular weight excluding hydrogens is 250 g/mol. The predicted molar refractivity (Wildman–Crippen MR) is 80.8 cm³/mol. The van der Waals surface area contributed by atoms with Crippen LogP contribution in [0.15, 0.2) is 18.2 Å². The zero-order valence-electron chi connectivity index (χ0n) is 12.1. The second-order valence-corrected chi connectivity index (χ2v) is 5.82. The summed E-state index contributed by atoms with van der Waals surface area (Å²) in [5, 5.41) is 7.10. The van der Waals surface area contributed by atoms with Gasteiger partial charge in [0, 0.05) is 38.3 Å². The fourth-order valence-corrected chi connectivity index (χ4v) is 3.25. The van der Waals surface area contributed by atoms with Gasteiger partial charge in [0.15, 0.2) is 0 Å². The smallest absolute Gasteiger partial charge is 0.219 e. The Morgan fingerprint density at radius 2 is 2.35 bits per heavy atom. The lowest BCUT2D eigenvalue weighted by Crippen LogP contribution is -2.44. The Kier molecular flexibility index (Phi) is 3.92. The van der Waals surface area contributed by atoms with Crippen LogP contribution >= 0.6 is 0 Å². The number of likely N-dealkylation sites (tertiary alicyclic amines) is 1. The number of hydrogen-bond acceptors (Lipinski definition) is 3. The minimum Gasteiger partial charge on any atom is -0.380 e. The third-order valence-corrected chi connectivity index (χ3v) is 4.37. The molecule has 1 atom stereocenters. The standard InChI is InChI=1S/C16H23N3O/c1-12(20)19-9-3-5-14(11-19)18-16-6-2-4-13-7-8-17-10-15(13)16/h2,4,6,14,17-18H,3,5,7-11H2,1H3/t14-/m1/s1. The Bertz CT molecular complexity index is 500. The number of nitrogens with zero attached hydrogens (tertiary/aromatic N) is 1. The SMILES string of the molecule is CC(=O)N1CCC[C@@H](Nc2cccc3c2CNCC3)C1. The molecule has 1 saturated heterocycles. The van der Waals surface area contributed by atoms with Crippen molar-refractivity contribution in [3.63, 3.8) is 0 Å². The topological polar surface area (TPSA) is 44.4 Å². The van der Waals surface area contributed by atoms with Crippen LogP contribution in [0.25, 0.3) is 0 Å². The molecule has 2 heterocycles. The molecule has 1 aromatic carbocycles. The van der Waals surface area contributed by atoms with Crippen molar-refractivity contribution in [2.24, 2.45) is 0 Å². The number of carbonyl (C=O) groups excluding carboxylic acids is 1. The van der Waals surface area contributed by atoms with Crippen molar-refractivity contribution in [2.75, 3.05) is 25.0 Å². The van der Waals surface area contributed by atoms with Crippen molar-refractivity contribution in [3.8, 4) is 0 Å². The molecule has 1 fully saturated rings. The summed E-state index contributed by atoms with van der Waals surface area (Å²) in [5.41, 5.74) is 4.09. The van der Waals surface area contributed by atoms with E-state index in [1.165, 1.54) is 16.8 Å². The van der Waals surface area contributed by atoms with Crippen molar-refractivity contribution >= 4 is 11.6 Å². The van der Waals surface area contributed by atoms with Gasteiger partial charge >= 0.3 is 0 Å². The molecule has 0 radical (unpaired) electrons. The van der Waals surface area contributed by atoms with Crippen LogP contribution in [0.5, 0.6) is 0 Å². The van der Waals surface area contributed by atoms with Gasteiger partial charge in [0.1, 0.15) is 0 Å². The van der Waals surface area contributed by atoms with E-state index in [-0.39, 0.29) is 5.91 Å². The maximum atomic E-state index is 11.5. The van der Waals surface area contributed by atoms with Gasteiger partial charge in [-0.1, -0.05) is 12.1 Å². The Morgan fingerprint density at radius 3 is 3.20 bits per heavy atom. The molecule has 0 bridgehead atoms. The average Bonchev–Trinajstić information content (AvgIpc) is 2.48. The van der Waals surface area contributed by atoms with E-state index in [4.69, 9.17) is 0 Å². The molecule has 0 saturated carbocycles. The molecule has 4 nitrogen and oxygen atoms in total. The van der Waals surface area contributed by atoms with Gasteiger partial charge in [-0.15, -0.1) is 0 Å². The van der Waals surface area contributed by atoms with Crippen LogP contribution in [0, 0.1) is 0 Å². The summed E-state index contributed by atoms with van der Waals surface area (Å²) in [6.45, 7) is 5.41. The van der Waals surface area contributed by atoms with Crippen molar-refractivity contribution in [1.82, 2.24) is 10.2 Å². The van der Waals surface area contributed by atoms with Crippen LogP contribution in [0.3, 0.4) is 0 Å². The van der Waals surface area contributed by atoms with E-state index >= 15 is 0 Å². The van der Waals surface area contributed by atoms with Crippen LogP contribution in [0.4, 0.5) is 5.69 Å². The lowest BCUT2D eigenvalue weighted by atomic mass is 9.98. The Hall–Kier alpha value is -1.55. The molecule has 0 unspecified atom stereocenters. The largest absolute Gasteiger partial charge is 0.380 e. The van der Waals surface area contributed by atoms with Gasteiger partial charge in [-0.2, -0.15) is 0 Å². The molecule has 4 heteroatoms. The second kappa shape index (κ2) is 5.83. The minimum atomic E-state index is 0.188. The van der Waals surface area contributed by atoms with Crippen LogP contribution in [-0.4, -0.2) is 36.5 Å². The second-order valence-electron chi connectivity index (χ2n) is 5.82. The maximum absolute atomic E-state index is 11.5. The van der Waals surface area contributed by atoms with Gasteiger partial charge in [-0.25, -0.2) is 0 Å². The molecule has 20 heavy (non-hydrogen) atoms. The fourth-order valence-electron chi connectivity index (χ4n) is 3.25. The summed E-state index contributed by atoms with van der Waals surface area (Å²) in [4.78, 5) is 13.5. The molecule has 108 valence electrons. The van der Waals surface area contributed by atoms with Crippen molar-refractivity contribution < 1.29 is 4.79 Å². The molecule has 0 aliphatic carbocycles. The van der Waals surface area contributed by atoms with Crippen LogP contribution in [0.1, 0.15) is 30.9 Å². The highest BCUT2D eigenvalue weighted by Crippen LogP contribution is 2.25. The van der Waals surface area contributed by atoms with Crippen LogP contribution in [-0.2, 0) is 17.8 Å². The summed E-state index contributed by atoms with van der Waals surface area (Å²) in [7, 11) is 0. The third-order valence-electron chi connectivity index (χ3n) is 4.37. The van der Waals surface area contributed by atoms with Crippen molar-refractivity contribution in [1.29, 1.82) is 0 Å². The highest BCUT2D eigenvalue weighted by molar-refractivity contribution is 5.73. The van der Waals surface area contributed by atoms with Crippen LogP contribution < -0.4 is 10.6 Å². The molecule has 2 N–H and O–H groups in total. The van der Waals surface area contributed by atoms with E-state index in [9.17, 15) is 4.79 Å². The highest BCUT2D eigenvalue weighted by atomic mass is 16.2. The Morgan fingerprint density at radius 1 is 1.45 bits per heavy atom. The first-order valence-corrected chi connectivity index (χ1v) is 7.57. The summed E-state index contributed by atoms with van der Waals surface area (Å²) in [5.74, 6) is 0.188. The number of fused-ring (bicyclic) bond motifs is 1. The van der Waals surface area contributed by atoms with Gasteiger partial charge in [0.25, 0.3) is 0 Å². The number of benzene rings is 1. The van der Waals surface area contributed by atoms with Crippen molar-refractivity contribution in [2.45, 2.75) is 38.8 Å². The van der Waals surface area contributed by atoms with E-state index < -0.39 is 0 Å². The Balaban J connectivity index is 1.73. The van der Waals surface area contributed by atoms with Crippen LogP contribution in [0.2, 0.25) is 0 Å². The zero-order chi connectivity index (χ0) is 13.9. The lowest BCUT2D eigenvalue weighted by Gasteiger charge is -2.34. The molecular formula is C16H23N3O. The fraction of sp³-hybridized carbons (Fsp3) is 0.562. The first-order valence-electron chi connectivity index (χ1n) is 7.57. The summed E-state index contributed by atoms with van der Waals surface area (Å²) < 4.78 is 0. The first-order chi connectivity index (χ1) is 9.74. The Labute approximate surface area is 120 Å². The minimum absolute atomic E-state index is 0.188. The van der Waals surface area contributed by atoms with E-state index in [1.807, 2.05) is 4.90 Å². The third kappa shape index (κ3) is 2.80. The number of carbonyl (C=O) groups is 1. The number of nitrogens with one attached hydrogen (secondary N) is 2. The number of hydrogen-bond donors (Lipinski definition) is 2. The van der Waals surface area contributed by atoms with Gasteiger partial charge < -0.3 is 15.5 Å². The molecule has 0 spiro atoms. The van der Waals surface area contributed by atoms with Gasteiger partial charge in [-0.3, -0.25) is 4.79 Å². The number of rotatable bonds is 2. The van der Waals surface area contributed by atoms with E-state index in [1.54, 1.807) is 6.92 Å². The lowest BCUT2D eigenvalue weighted by molar-refractivity contribution is -0.129. The quantitative estimate of drug-likeness (QED) is 0.863. The van der Waals surface area contributed by atoms with E-state index in [0.29, 0.717) is 6.04 Å². The van der Waals surface area contributed by atoms with E-state index in [0.717, 1.165) is 45.4 Å².